The zero-order valence-electron chi connectivity index (χ0n) is 13.7. The van der Waals surface area contributed by atoms with Gasteiger partial charge < -0.3 is 9.88 Å². The van der Waals surface area contributed by atoms with E-state index in [4.69, 9.17) is 4.98 Å². The average Bonchev–Trinajstić information content (AvgIpc) is 3.02. The molecule has 0 spiro atoms. The van der Waals surface area contributed by atoms with Gasteiger partial charge in [0.1, 0.15) is 5.65 Å². The Labute approximate surface area is 140 Å². The fourth-order valence-corrected chi connectivity index (χ4v) is 2.72. The van der Waals surface area contributed by atoms with Gasteiger partial charge in [-0.1, -0.05) is 24.3 Å². The number of hydrogen-bond acceptors (Lipinski definition) is 3. The molecule has 0 unspecified atom stereocenters. The van der Waals surface area contributed by atoms with Crippen molar-refractivity contribution in [3.8, 4) is 5.69 Å². The van der Waals surface area contributed by atoms with Crippen LogP contribution in [0.3, 0.4) is 0 Å². The zero-order chi connectivity index (χ0) is 16.5. The number of aromatic nitrogens is 3. The molecule has 0 aliphatic carbocycles. The lowest BCUT2D eigenvalue weighted by molar-refractivity contribution is 1.08. The largest absolute Gasteiger partial charge is 0.324 e. The van der Waals surface area contributed by atoms with Crippen LogP contribution in [0.1, 0.15) is 11.1 Å². The van der Waals surface area contributed by atoms with E-state index in [9.17, 15) is 0 Å². The molecule has 2 aromatic carbocycles. The predicted octanol–water partition coefficient (Wildman–Crippen LogP) is 4.78. The smallest absolute Gasteiger partial charge is 0.229 e. The van der Waals surface area contributed by atoms with Crippen molar-refractivity contribution < 1.29 is 0 Å². The van der Waals surface area contributed by atoms with Gasteiger partial charge in [0.15, 0.2) is 0 Å². The number of fused-ring (bicyclic) bond motifs is 1. The van der Waals surface area contributed by atoms with Gasteiger partial charge in [-0.15, -0.1) is 0 Å². The predicted molar refractivity (Wildman–Crippen MR) is 98.1 cm³/mol. The summed E-state index contributed by atoms with van der Waals surface area (Å²) in [5, 5.41) is 4.32. The molecule has 24 heavy (non-hydrogen) atoms. The van der Waals surface area contributed by atoms with Gasteiger partial charge in [0.25, 0.3) is 0 Å². The number of anilines is 2. The molecule has 0 aliphatic heterocycles. The Morgan fingerprint density at radius 3 is 2.54 bits per heavy atom. The maximum Gasteiger partial charge on any atom is 0.229 e. The van der Waals surface area contributed by atoms with Gasteiger partial charge >= 0.3 is 0 Å². The Bertz CT molecular complexity index is 1000. The molecule has 4 aromatic rings. The molecule has 4 nitrogen and oxygen atoms in total. The number of nitrogens with zero attached hydrogens (tertiary/aromatic N) is 3. The Morgan fingerprint density at radius 1 is 0.917 bits per heavy atom. The van der Waals surface area contributed by atoms with Gasteiger partial charge in [0, 0.05) is 29.2 Å². The van der Waals surface area contributed by atoms with E-state index in [0.29, 0.717) is 5.95 Å². The third-order valence-electron chi connectivity index (χ3n) is 4.22. The monoisotopic (exact) mass is 314 g/mol. The van der Waals surface area contributed by atoms with Crippen LogP contribution in [-0.4, -0.2) is 14.5 Å². The molecule has 0 atom stereocenters. The van der Waals surface area contributed by atoms with Crippen LogP contribution in [0.4, 0.5) is 11.6 Å². The highest BCUT2D eigenvalue weighted by Gasteiger charge is 2.07. The van der Waals surface area contributed by atoms with E-state index in [-0.39, 0.29) is 0 Å². The third-order valence-corrected chi connectivity index (χ3v) is 4.22. The molecule has 0 aliphatic rings. The van der Waals surface area contributed by atoms with Crippen LogP contribution in [0.2, 0.25) is 0 Å². The minimum absolute atomic E-state index is 0.599. The summed E-state index contributed by atoms with van der Waals surface area (Å²) < 4.78 is 2.07. The first-order chi connectivity index (χ1) is 11.7. The molecule has 1 N–H and O–H groups in total. The maximum atomic E-state index is 4.70. The fraction of sp³-hybridized carbons (Fsp3) is 0.100. The number of para-hydroxylation sites is 1. The van der Waals surface area contributed by atoms with E-state index in [2.05, 4.69) is 53.0 Å². The van der Waals surface area contributed by atoms with Crippen LogP contribution in [0.25, 0.3) is 16.7 Å². The molecule has 2 heterocycles. The van der Waals surface area contributed by atoms with Crippen LogP contribution >= 0.6 is 0 Å². The lowest BCUT2D eigenvalue weighted by atomic mass is 10.1. The summed E-state index contributed by atoms with van der Waals surface area (Å²) >= 11 is 0. The average molecular weight is 314 g/mol. The first kappa shape index (κ1) is 14.5. The highest BCUT2D eigenvalue weighted by molar-refractivity contribution is 5.78. The van der Waals surface area contributed by atoms with E-state index in [1.54, 1.807) is 0 Å². The Balaban J connectivity index is 1.73. The molecule has 0 saturated carbocycles. The van der Waals surface area contributed by atoms with Crippen molar-refractivity contribution in [2.24, 2.45) is 0 Å². The fourth-order valence-electron chi connectivity index (χ4n) is 2.72. The second kappa shape index (κ2) is 5.81. The lowest BCUT2D eigenvalue weighted by Crippen LogP contribution is -2.00. The second-order valence-corrected chi connectivity index (χ2v) is 5.92. The normalized spacial score (nSPS) is 10.9. The summed E-state index contributed by atoms with van der Waals surface area (Å²) in [6.07, 6.45) is 3.87. The highest BCUT2D eigenvalue weighted by Crippen LogP contribution is 2.21. The van der Waals surface area contributed by atoms with Gasteiger partial charge in [0.2, 0.25) is 5.95 Å². The molecular weight excluding hydrogens is 296 g/mol. The SMILES string of the molecule is Cc1ccc(Nc2ncc3ccn(-c4ccccc4)c3n2)cc1C. The van der Waals surface area contributed by atoms with Crippen LogP contribution in [-0.2, 0) is 0 Å². The third kappa shape index (κ3) is 2.63. The van der Waals surface area contributed by atoms with E-state index in [1.807, 2.05) is 42.7 Å². The van der Waals surface area contributed by atoms with Crippen LogP contribution in [0.15, 0.2) is 67.0 Å². The highest BCUT2D eigenvalue weighted by atomic mass is 15.1. The quantitative estimate of drug-likeness (QED) is 0.591. The van der Waals surface area contributed by atoms with Crippen molar-refractivity contribution in [3.63, 3.8) is 0 Å². The molecule has 4 rings (SSSR count). The summed E-state index contributed by atoms with van der Waals surface area (Å²) in [6, 6.07) is 18.5. The van der Waals surface area contributed by atoms with Crippen LogP contribution < -0.4 is 5.32 Å². The summed E-state index contributed by atoms with van der Waals surface area (Å²) in [5.41, 5.74) is 5.49. The second-order valence-electron chi connectivity index (χ2n) is 5.92. The first-order valence-corrected chi connectivity index (χ1v) is 7.94. The van der Waals surface area contributed by atoms with E-state index < -0.39 is 0 Å². The Hall–Kier alpha value is -3.14. The summed E-state index contributed by atoms with van der Waals surface area (Å²) in [6.45, 7) is 4.21. The number of benzene rings is 2. The van der Waals surface area contributed by atoms with E-state index in [0.717, 1.165) is 22.4 Å². The van der Waals surface area contributed by atoms with E-state index >= 15 is 0 Å². The molecule has 0 amide bonds. The van der Waals surface area contributed by atoms with Crippen LogP contribution in [0, 0.1) is 13.8 Å². The number of hydrogen-bond donors (Lipinski definition) is 1. The lowest BCUT2D eigenvalue weighted by Gasteiger charge is -2.09. The molecule has 0 fully saturated rings. The topological polar surface area (TPSA) is 42.7 Å². The van der Waals surface area contributed by atoms with Gasteiger partial charge in [-0.2, -0.15) is 4.98 Å². The van der Waals surface area contributed by atoms with Crippen molar-refractivity contribution in [1.29, 1.82) is 0 Å². The summed E-state index contributed by atoms with van der Waals surface area (Å²) in [5.74, 6) is 0.599. The van der Waals surface area contributed by atoms with Gasteiger partial charge in [-0.05, 0) is 55.3 Å². The minimum atomic E-state index is 0.599. The molecule has 118 valence electrons. The Kier molecular flexibility index (Phi) is 3.50. The molecule has 0 saturated heterocycles. The Morgan fingerprint density at radius 2 is 1.75 bits per heavy atom. The van der Waals surface area contributed by atoms with Crippen molar-refractivity contribution in [2.75, 3.05) is 5.32 Å². The van der Waals surface area contributed by atoms with Crippen molar-refractivity contribution >= 4 is 22.7 Å². The summed E-state index contributed by atoms with van der Waals surface area (Å²) in [7, 11) is 0. The standard InChI is InChI=1S/C20H18N4/c1-14-8-9-17(12-15(14)2)22-20-21-13-16-10-11-24(19(16)23-20)18-6-4-3-5-7-18/h3-13H,1-2H3,(H,21,22,23). The molecular formula is C20H18N4. The molecule has 0 bridgehead atoms. The number of aryl methyl sites for hydroxylation is 2. The van der Waals surface area contributed by atoms with Crippen molar-refractivity contribution in [2.45, 2.75) is 13.8 Å². The molecule has 0 radical (unpaired) electrons. The molecule has 4 heteroatoms. The number of rotatable bonds is 3. The number of nitrogens with one attached hydrogen (secondary N) is 1. The first-order valence-electron chi connectivity index (χ1n) is 7.94. The van der Waals surface area contributed by atoms with Crippen molar-refractivity contribution in [1.82, 2.24) is 14.5 Å². The van der Waals surface area contributed by atoms with Crippen LogP contribution in [0.5, 0.6) is 0 Å². The summed E-state index contributed by atoms with van der Waals surface area (Å²) in [4.78, 5) is 9.13. The van der Waals surface area contributed by atoms with Crippen molar-refractivity contribution in [3.05, 3.63) is 78.1 Å². The van der Waals surface area contributed by atoms with Gasteiger partial charge in [0.05, 0.1) is 0 Å². The maximum absolute atomic E-state index is 4.70. The minimum Gasteiger partial charge on any atom is -0.324 e. The molecule has 2 aromatic heterocycles. The zero-order valence-corrected chi connectivity index (χ0v) is 13.7. The van der Waals surface area contributed by atoms with E-state index in [1.165, 1.54) is 11.1 Å². The van der Waals surface area contributed by atoms with Gasteiger partial charge in [-0.25, -0.2) is 4.98 Å². The van der Waals surface area contributed by atoms with Gasteiger partial charge in [-0.3, -0.25) is 0 Å².